The highest BCUT2D eigenvalue weighted by molar-refractivity contribution is 5.26. The van der Waals surface area contributed by atoms with Crippen LogP contribution in [0.15, 0.2) is 11.6 Å². The third-order valence-electron chi connectivity index (χ3n) is 17.7. The van der Waals surface area contributed by atoms with Crippen LogP contribution in [0, 0.1) is 46.3 Å². The Bertz CT molecular complexity index is 1630. The number of fused-ring (bicyclic) bond motifs is 7. The number of allylic oxidation sites excluding steroid dienone is 1. The molecule has 9 aliphatic rings. The number of ether oxygens (including phenoxy) is 8. The Morgan fingerprint density at radius 3 is 1.97 bits per heavy atom. The molecule has 26 unspecified atom stereocenters. The Labute approximate surface area is 368 Å². The molecule has 63 heavy (non-hydrogen) atoms. The van der Waals surface area contributed by atoms with Crippen molar-refractivity contribution < 1.29 is 89.0 Å². The molecule has 26 atom stereocenters. The zero-order chi connectivity index (χ0) is 44.9. The molecule has 9 rings (SSSR count). The summed E-state index contributed by atoms with van der Waals surface area (Å²) in [4.78, 5) is 0. The van der Waals surface area contributed by atoms with Gasteiger partial charge in [-0.3, -0.25) is 0 Å². The molecule has 5 heterocycles. The van der Waals surface area contributed by atoms with Crippen LogP contribution in [-0.2, 0) is 37.9 Å². The van der Waals surface area contributed by atoms with Crippen molar-refractivity contribution in [2.45, 2.75) is 196 Å². The molecule has 0 aromatic rings. The van der Waals surface area contributed by atoms with Crippen molar-refractivity contribution >= 4 is 0 Å². The third-order valence-corrected chi connectivity index (χ3v) is 17.7. The van der Waals surface area contributed by atoms with Crippen LogP contribution in [0.25, 0.3) is 0 Å². The average molecular weight is 901 g/mol. The van der Waals surface area contributed by atoms with Crippen molar-refractivity contribution in [1.29, 1.82) is 0 Å². The highest BCUT2D eigenvalue weighted by Gasteiger charge is 2.69. The minimum Gasteiger partial charge on any atom is -0.394 e. The predicted octanol–water partition coefficient (Wildman–Crippen LogP) is -0.813. The van der Waals surface area contributed by atoms with Gasteiger partial charge in [-0.25, -0.2) is 0 Å². The van der Waals surface area contributed by atoms with E-state index in [9.17, 15) is 51.1 Å². The van der Waals surface area contributed by atoms with E-state index in [4.69, 9.17) is 37.9 Å². The molecule has 4 aliphatic carbocycles. The van der Waals surface area contributed by atoms with Crippen LogP contribution in [0.3, 0.4) is 0 Å². The maximum Gasteiger partial charge on any atom is 0.187 e. The van der Waals surface area contributed by atoms with E-state index in [1.807, 2.05) is 0 Å². The molecule has 18 heteroatoms. The van der Waals surface area contributed by atoms with Gasteiger partial charge in [0.05, 0.1) is 38.6 Å². The van der Waals surface area contributed by atoms with E-state index in [0.717, 1.165) is 45.1 Å². The lowest BCUT2D eigenvalue weighted by Gasteiger charge is -2.58. The first-order chi connectivity index (χ1) is 30.0. The monoisotopic (exact) mass is 900 g/mol. The number of hydrogen-bond donors (Lipinski definition) is 10. The smallest absolute Gasteiger partial charge is 0.187 e. The molecule has 18 nitrogen and oxygen atoms in total. The molecule has 3 saturated carbocycles. The van der Waals surface area contributed by atoms with Gasteiger partial charge in [-0.15, -0.1) is 0 Å². The van der Waals surface area contributed by atoms with E-state index >= 15 is 0 Å². The first kappa shape index (κ1) is 47.1. The van der Waals surface area contributed by atoms with Crippen LogP contribution >= 0.6 is 0 Å². The van der Waals surface area contributed by atoms with Gasteiger partial charge in [-0.2, -0.15) is 0 Å². The molecule has 5 aliphatic heterocycles. The number of aliphatic hydroxyl groups excluding tert-OH is 10. The van der Waals surface area contributed by atoms with Gasteiger partial charge in [0.1, 0.15) is 73.2 Å². The molecule has 0 aromatic heterocycles. The first-order valence-electron chi connectivity index (χ1n) is 23.5. The highest BCUT2D eigenvalue weighted by atomic mass is 16.8. The fourth-order valence-electron chi connectivity index (χ4n) is 14.1. The summed E-state index contributed by atoms with van der Waals surface area (Å²) in [7, 11) is 0. The average Bonchev–Trinajstić information content (AvgIpc) is 3.72. The van der Waals surface area contributed by atoms with Crippen LogP contribution < -0.4 is 0 Å². The maximum atomic E-state index is 11.4. The Morgan fingerprint density at radius 2 is 1.29 bits per heavy atom. The highest BCUT2D eigenvalue weighted by Crippen LogP contribution is 2.70. The van der Waals surface area contributed by atoms with Gasteiger partial charge in [0.2, 0.25) is 0 Å². The molecular formula is C45H72O18. The fraction of sp³-hybridized carbons (Fsp3) is 0.956. The second-order valence-corrected chi connectivity index (χ2v) is 21.1. The van der Waals surface area contributed by atoms with Gasteiger partial charge in [-0.1, -0.05) is 39.3 Å². The summed E-state index contributed by atoms with van der Waals surface area (Å²) in [5, 5.41) is 106. The molecule has 0 bridgehead atoms. The van der Waals surface area contributed by atoms with Crippen molar-refractivity contribution in [3.63, 3.8) is 0 Å². The van der Waals surface area contributed by atoms with Crippen LogP contribution in [0.5, 0.6) is 0 Å². The molecule has 5 saturated heterocycles. The lowest BCUT2D eigenvalue weighted by molar-refractivity contribution is -0.382. The van der Waals surface area contributed by atoms with Crippen molar-refractivity contribution in [3.05, 3.63) is 11.6 Å². The summed E-state index contributed by atoms with van der Waals surface area (Å²) in [5.41, 5.74) is 1.56. The molecule has 0 amide bonds. The Balaban J connectivity index is 0.831. The van der Waals surface area contributed by atoms with Gasteiger partial charge < -0.3 is 89.0 Å². The van der Waals surface area contributed by atoms with Gasteiger partial charge in [0, 0.05) is 12.3 Å². The van der Waals surface area contributed by atoms with E-state index in [-0.39, 0.29) is 23.0 Å². The fourth-order valence-corrected chi connectivity index (χ4v) is 14.1. The van der Waals surface area contributed by atoms with Crippen molar-refractivity contribution in [3.8, 4) is 0 Å². The van der Waals surface area contributed by atoms with Crippen molar-refractivity contribution in [2.75, 3.05) is 26.4 Å². The minimum atomic E-state index is -1.90. The van der Waals surface area contributed by atoms with Crippen LogP contribution in [0.4, 0.5) is 0 Å². The zero-order valence-electron chi connectivity index (χ0n) is 36.8. The predicted molar refractivity (Wildman–Crippen MR) is 216 cm³/mol. The lowest BCUT2D eigenvalue weighted by atomic mass is 9.47. The summed E-state index contributed by atoms with van der Waals surface area (Å²) < 4.78 is 48.6. The summed E-state index contributed by atoms with van der Waals surface area (Å²) in [5.74, 6) is 2.67. The molecular weight excluding hydrogens is 828 g/mol. The van der Waals surface area contributed by atoms with Crippen LogP contribution in [-0.4, -0.2) is 188 Å². The van der Waals surface area contributed by atoms with E-state index in [0.29, 0.717) is 48.3 Å². The summed E-state index contributed by atoms with van der Waals surface area (Å²) >= 11 is 0. The second kappa shape index (κ2) is 17.8. The van der Waals surface area contributed by atoms with E-state index in [1.165, 1.54) is 12.0 Å². The normalized spacial score (nSPS) is 56.9. The van der Waals surface area contributed by atoms with Crippen LogP contribution in [0.2, 0.25) is 0 Å². The third kappa shape index (κ3) is 7.81. The van der Waals surface area contributed by atoms with Gasteiger partial charge in [-0.05, 0) is 91.8 Å². The van der Waals surface area contributed by atoms with E-state index in [2.05, 4.69) is 33.8 Å². The Hall–Kier alpha value is -0.980. The first-order valence-corrected chi connectivity index (χ1v) is 23.5. The SMILES string of the molecule is CC1CCC2(OC1)OC1CC3C4CC=C5CC(OC6OC(CO)C(OC7OC(CO)C(O)C(OC8OC(CO)C(O)C(O)C8O)C7O)C(O)C6O)CCC5(C)C4CCC3(C)C1C2C. The largest absolute Gasteiger partial charge is 0.394 e. The van der Waals surface area contributed by atoms with E-state index < -0.39 is 118 Å². The standard InChI is InChI=1S/C45H72O18/c1-19-7-12-45(56-18-19)20(2)30-26(63-45)14-25-23-6-5-21-13-22(8-10-43(21,3)24(23)9-11-44(25,30)4)57-40-36(54)34(52)38(29(17-48)60-40)61-42-37(55)39(32(50)28(16-47)59-42)62-41-35(53)33(51)31(49)27(15-46)58-41/h5,19-20,22-42,46-55H,6-18H2,1-4H3. The summed E-state index contributed by atoms with van der Waals surface area (Å²) in [6.07, 6.45) is -13.4. The molecule has 360 valence electrons. The van der Waals surface area contributed by atoms with Gasteiger partial charge >= 0.3 is 0 Å². The summed E-state index contributed by atoms with van der Waals surface area (Å²) in [6, 6.07) is 0. The quantitative estimate of drug-likeness (QED) is 0.127. The maximum absolute atomic E-state index is 11.4. The molecule has 8 fully saturated rings. The van der Waals surface area contributed by atoms with Crippen LogP contribution in [0.1, 0.15) is 85.5 Å². The number of rotatable bonds is 9. The number of aliphatic hydroxyl groups is 10. The van der Waals surface area contributed by atoms with Crippen molar-refractivity contribution in [1.82, 2.24) is 0 Å². The molecule has 0 aromatic carbocycles. The molecule has 1 spiro atoms. The number of hydrogen-bond acceptors (Lipinski definition) is 18. The Morgan fingerprint density at radius 1 is 0.651 bits per heavy atom. The summed E-state index contributed by atoms with van der Waals surface area (Å²) in [6.45, 7) is 8.11. The second-order valence-electron chi connectivity index (χ2n) is 21.1. The zero-order valence-corrected chi connectivity index (χ0v) is 36.8. The Kier molecular flexibility index (Phi) is 13.3. The molecule has 10 N–H and O–H groups in total. The van der Waals surface area contributed by atoms with E-state index in [1.54, 1.807) is 0 Å². The molecule has 0 radical (unpaired) electrons. The van der Waals surface area contributed by atoms with Crippen molar-refractivity contribution in [2.24, 2.45) is 46.3 Å². The van der Waals surface area contributed by atoms with Gasteiger partial charge in [0.25, 0.3) is 0 Å². The topological polar surface area (TPSA) is 276 Å². The minimum absolute atomic E-state index is 0.00144. The van der Waals surface area contributed by atoms with Gasteiger partial charge in [0.15, 0.2) is 24.7 Å². The lowest BCUT2D eigenvalue weighted by Crippen LogP contribution is -2.67.